The molecule has 66 valence electrons. The highest BCUT2D eigenvalue weighted by molar-refractivity contribution is 4.79. The van der Waals surface area contributed by atoms with Gasteiger partial charge < -0.3 is 10.5 Å². The molecule has 2 nitrogen and oxygen atoms in total. The topological polar surface area (TPSA) is 35.2 Å². The average Bonchev–Trinajstić information content (AvgIpc) is 2.36. The van der Waals surface area contributed by atoms with Gasteiger partial charge in [-0.2, -0.15) is 0 Å². The summed E-state index contributed by atoms with van der Waals surface area (Å²) >= 11 is 0. The maximum Gasteiger partial charge on any atom is 0.0730 e. The highest BCUT2D eigenvalue weighted by atomic mass is 16.5. The van der Waals surface area contributed by atoms with Crippen molar-refractivity contribution in [2.45, 2.75) is 57.8 Å². The molecule has 0 aliphatic carbocycles. The van der Waals surface area contributed by atoms with Gasteiger partial charge in [0, 0.05) is 6.04 Å². The van der Waals surface area contributed by atoms with E-state index in [2.05, 4.69) is 13.8 Å². The van der Waals surface area contributed by atoms with Crippen LogP contribution in [0.2, 0.25) is 0 Å². The van der Waals surface area contributed by atoms with Gasteiger partial charge >= 0.3 is 0 Å². The molecule has 0 saturated carbocycles. The minimum atomic E-state index is 0.268. The van der Waals surface area contributed by atoms with Crippen LogP contribution in [0.15, 0.2) is 0 Å². The first-order valence-corrected chi connectivity index (χ1v) is 4.65. The fourth-order valence-corrected chi connectivity index (χ4v) is 1.67. The molecule has 0 aromatic rings. The van der Waals surface area contributed by atoms with Gasteiger partial charge in [0.05, 0.1) is 12.2 Å². The molecular weight excluding hydrogens is 138 g/mol. The molecular formula is C9H19NO. The van der Waals surface area contributed by atoms with Crippen LogP contribution in [0.4, 0.5) is 0 Å². The zero-order valence-corrected chi connectivity index (χ0v) is 7.55. The van der Waals surface area contributed by atoms with E-state index in [1.807, 2.05) is 0 Å². The normalized spacial score (nSPS) is 34.1. The molecule has 3 unspecified atom stereocenters. The summed E-state index contributed by atoms with van der Waals surface area (Å²) in [4.78, 5) is 0. The van der Waals surface area contributed by atoms with Crippen LogP contribution in [-0.2, 0) is 4.74 Å². The Balaban J connectivity index is 2.25. The van der Waals surface area contributed by atoms with E-state index < -0.39 is 0 Å². The molecule has 2 heteroatoms. The number of rotatable bonds is 3. The predicted molar refractivity (Wildman–Crippen MR) is 46.5 cm³/mol. The lowest BCUT2D eigenvalue weighted by Gasteiger charge is -2.18. The zero-order valence-electron chi connectivity index (χ0n) is 7.55. The minimum Gasteiger partial charge on any atom is -0.374 e. The van der Waals surface area contributed by atoms with E-state index in [4.69, 9.17) is 10.5 Å². The summed E-state index contributed by atoms with van der Waals surface area (Å²) in [7, 11) is 0. The third kappa shape index (κ3) is 2.46. The number of hydrogen-bond acceptors (Lipinski definition) is 2. The monoisotopic (exact) mass is 157 g/mol. The van der Waals surface area contributed by atoms with E-state index >= 15 is 0 Å². The Morgan fingerprint density at radius 3 is 2.73 bits per heavy atom. The molecule has 0 radical (unpaired) electrons. The van der Waals surface area contributed by atoms with Crippen molar-refractivity contribution in [1.82, 2.24) is 0 Å². The van der Waals surface area contributed by atoms with Crippen LogP contribution in [0.3, 0.4) is 0 Å². The van der Waals surface area contributed by atoms with Gasteiger partial charge in [-0.3, -0.25) is 0 Å². The van der Waals surface area contributed by atoms with Gasteiger partial charge in [0.15, 0.2) is 0 Å². The maximum absolute atomic E-state index is 5.93. The van der Waals surface area contributed by atoms with Crippen molar-refractivity contribution < 1.29 is 4.74 Å². The Hall–Kier alpha value is -0.0800. The van der Waals surface area contributed by atoms with E-state index in [9.17, 15) is 0 Å². The van der Waals surface area contributed by atoms with E-state index in [-0.39, 0.29) is 6.04 Å². The largest absolute Gasteiger partial charge is 0.374 e. The summed E-state index contributed by atoms with van der Waals surface area (Å²) in [6, 6.07) is 0.268. The van der Waals surface area contributed by atoms with Crippen molar-refractivity contribution in [1.29, 1.82) is 0 Å². The molecule has 1 fully saturated rings. The summed E-state index contributed by atoms with van der Waals surface area (Å²) in [6.45, 7) is 4.29. The van der Waals surface area contributed by atoms with Gasteiger partial charge in [-0.25, -0.2) is 0 Å². The van der Waals surface area contributed by atoms with Crippen LogP contribution in [-0.4, -0.2) is 18.2 Å². The first-order chi connectivity index (χ1) is 5.24. The summed E-state index contributed by atoms with van der Waals surface area (Å²) in [5.41, 5.74) is 5.93. The summed E-state index contributed by atoms with van der Waals surface area (Å²) in [5, 5.41) is 0. The fraction of sp³-hybridized carbons (Fsp3) is 1.00. The Bertz CT molecular complexity index is 116. The molecule has 3 atom stereocenters. The lowest BCUT2D eigenvalue weighted by Crippen LogP contribution is -2.34. The highest BCUT2D eigenvalue weighted by Gasteiger charge is 2.26. The van der Waals surface area contributed by atoms with Crippen molar-refractivity contribution in [3.8, 4) is 0 Å². The van der Waals surface area contributed by atoms with Crippen LogP contribution >= 0.6 is 0 Å². The lowest BCUT2D eigenvalue weighted by atomic mass is 10.0. The smallest absolute Gasteiger partial charge is 0.0730 e. The van der Waals surface area contributed by atoms with Crippen molar-refractivity contribution in [3.05, 3.63) is 0 Å². The quantitative estimate of drug-likeness (QED) is 0.676. The van der Waals surface area contributed by atoms with Crippen LogP contribution in [0, 0.1) is 0 Å². The second kappa shape index (κ2) is 4.07. The molecule has 1 saturated heterocycles. The lowest BCUT2D eigenvalue weighted by molar-refractivity contribution is 0.0386. The van der Waals surface area contributed by atoms with E-state index in [1.54, 1.807) is 0 Å². The summed E-state index contributed by atoms with van der Waals surface area (Å²) in [5.74, 6) is 0. The summed E-state index contributed by atoms with van der Waals surface area (Å²) < 4.78 is 5.65. The standard InChI is InChI=1S/C9H19NO/c1-3-4-8(10)9-6-5-7(2)11-9/h7-9H,3-6,10H2,1-2H3. The molecule has 0 spiro atoms. The van der Waals surface area contributed by atoms with Gasteiger partial charge in [0.2, 0.25) is 0 Å². The minimum absolute atomic E-state index is 0.268. The Morgan fingerprint density at radius 2 is 2.27 bits per heavy atom. The van der Waals surface area contributed by atoms with Crippen LogP contribution in [0.1, 0.15) is 39.5 Å². The molecule has 1 heterocycles. The van der Waals surface area contributed by atoms with Crippen molar-refractivity contribution in [2.24, 2.45) is 5.73 Å². The first-order valence-electron chi connectivity index (χ1n) is 4.65. The van der Waals surface area contributed by atoms with Crippen LogP contribution < -0.4 is 5.73 Å². The van der Waals surface area contributed by atoms with Gasteiger partial charge in [-0.05, 0) is 26.2 Å². The molecule has 2 N–H and O–H groups in total. The molecule has 1 aliphatic rings. The highest BCUT2D eigenvalue weighted by Crippen LogP contribution is 2.22. The van der Waals surface area contributed by atoms with Crippen LogP contribution in [0.25, 0.3) is 0 Å². The third-order valence-electron chi connectivity index (χ3n) is 2.36. The van der Waals surface area contributed by atoms with Gasteiger partial charge in [0.25, 0.3) is 0 Å². The third-order valence-corrected chi connectivity index (χ3v) is 2.36. The SMILES string of the molecule is CCCC(N)C1CCC(C)O1. The fourth-order valence-electron chi connectivity index (χ4n) is 1.67. The molecule has 0 aromatic carbocycles. The second-order valence-electron chi connectivity index (χ2n) is 3.52. The van der Waals surface area contributed by atoms with E-state index in [1.165, 1.54) is 6.42 Å². The molecule has 0 amide bonds. The Morgan fingerprint density at radius 1 is 1.55 bits per heavy atom. The molecule has 0 bridgehead atoms. The van der Waals surface area contributed by atoms with Crippen molar-refractivity contribution >= 4 is 0 Å². The van der Waals surface area contributed by atoms with Gasteiger partial charge in [-0.1, -0.05) is 13.3 Å². The van der Waals surface area contributed by atoms with Crippen molar-refractivity contribution in [3.63, 3.8) is 0 Å². The molecule has 1 rings (SSSR count). The number of hydrogen-bond donors (Lipinski definition) is 1. The molecule has 0 aromatic heterocycles. The second-order valence-corrected chi connectivity index (χ2v) is 3.52. The van der Waals surface area contributed by atoms with Crippen LogP contribution in [0.5, 0.6) is 0 Å². The first kappa shape index (κ1) is 9.01. The summed E-state index contributed by atoms with van der Waals surface area (Å²) in [6.07, 6.45) is 5.37. The van der Waals surface area contributed by atoms with Gasteiger partial charge in [0.1, 0.15) is 0 Å². The van der Waals surface area contributed by atoms with Crippen molar-refractivity contribution in [2.75, 3.05) is 0 Å². The number of ether oxygens (including phenoxy) is 1. The van der Waals surface area contributed by atoms with E-state index in [0.29, 0.717) is 12.2 Å². The van der Waals surface area contributed by atoms with Gasteiger partial charge in [-0.15, -0.1) is 0 Å². The maximum atomic E-state index is 5.93. The number of nitrogens with two attached hydrogens (primary N) is 1. The predicted octanol–water partition coefficient (Wildman–Crippen LogP) is 1.68. The molecule has 1 aliphatic heterocycles. The Labute approximate surface area is 69.1 Å². The molecule has 11 heavy (non-hydrogen) atoms. The average molecular weight is 157 g/mol. The Kier molecular flexibility index (Phi) is 3.34. The van der Waals surface area contributed by atoms with E-state index in [0.717, 1.165) is 19.3 Å². The zero-order chi connectivity index (χ0) is 8.27.